The van der Waals surface area contributed by atoms with Gasteiger partial charge in [0.1, 0.15) is 5.78 Å². The molecular formula is C32H41N3O3. The highest BCUT2D eigenvalue weighted by atomic mass is 16.1. The maximum atomic E-state index is 13.8. The molecule has 0 amide bonds. The third-order valence-electron chi connectivity index (χ3n) is 6.90. The highest BCUT2D eigenvalue weighted by Gasteiger charge is 2.27. The zero-order valence-electron chi connectivity index (χ0n) is 23.8. The van der Waals surface area contributed by atoms with E-state index in [9.17, 15) is 14.4 Å². The van der Waals surface area contributed by atoms with Crippen molar-refractivity contribution >= 4 is 11.6 Å². The molecule has 0 aliphatic heterocycles. The Bertz CT molecular complexity index is 1320. The highest BCUT2D eigenvalue weighted by Crippen LogP contribution is 2.33. The maximum Gasteiger partial charge on any atom is 0.251 e. The number of aryl methyl sites for hydroxylation is 2. The summed E-state index contributed by atoms with van der Waals surface area (Å²) in [5, 5.41) is 0. The van der Waals surface area contributed by atoms with Crippen LogP contribution in [0.25, 0.3) is 11.1 Å². The molecule has 202 valence electrons. The van der Waals surface area contributed by atoms with Crippen molar-refractivity contribution in [1.82, 2.24) is 14.5 Å². The van der Waals surface area contributed by atoms with Crippen molar-refractivity contribution in [3.05, 3.63) is 87.6 Å². The van der Waals surface area contributed by atoms with Crippen molar-refractivity contribution < 1.29 is 9.59 Å². The van der Waals surface area contributed by atoms with Gasteiger partial charge in [0.15, 0.2) is 5.78 Å². The van der Waals surface area contributed by atoms with E-state index in [1.807, 2.05) is 37.3 Å². The van der Waals surface area contributed by atoms with E-state index in [1.54, 1.807) is 30.0 Å². The molecule has 6 nitrogen and oxygen atoms in total. The largest absolute Gasteiger partial charge is 0.305 e. The first-order chi connectivity index (χ1) is 18.0. The second kappa shape index (κ2) is 12.9. The van der Waals surface area contributed by atoms with E-state index in [0.717, 1.165) is 33.4 Å². The predicted octanol–water partition coefficient (Wildman–Crippen LogP) is 5.90. The quantitative estimate of drug-likeness (QED) is 0.300. The number of aromatic nitrogens is 2. The topological polar surface area (TPSA) is 72.3 Å². The molecule has 38 heavy (non-hydrogen) atoms. The van der Waals surface area contributed by atoms with Gasteiger partial charge in [-0.15, -0.1) is 0 Å². The number of rotatable bonds is 12. The summed E-state index contributed by atoms with van der Waals surface area (Å²) in [7, 11) is 3.91. The van der Waals surface area contributed by atoms with Crippen molar-refractivity contribution in [1.29, 1.82) is 0 Å². The first-order valence-electron chi connectivity index (χ1n) is 13.4. The minimum Gasteiger partial charge on any atom is -0.305 e. The zero-order chi connectivity index (χ0) is 28.0. The van der Waals surface area contributed by atoms with E-state index in [0.29, 0.717) is 13.0 Å². The van der Waals surface area contributed by atoms with Crippen LogP contribution in [0, 0.1) is 19.8 Å². The second-order valence-corrected chi connectivity index (χ2v) is 11.2. The molecule has 0 unspecified atom stereocenters. The van der Waals surface area contributed by atoms with Gasteiger partial charge in [0.2, 0.25) is 0 Å². The van der Waals surface area contributed by atoms with Gasteiger partial charge in [0, 0.05) is 49.6 Å². The number of benzene rings is 1. The molecule has 1 aromatic carbocycles. The van der Waals surface area contributed by atoms with E-state index >= 15 is 0 Å². The SMILES string of the molecule is CC(=O)C[C@H](CC(=O)[C@H](CC(C)C)n1ccc(CN(C)C)cc1=O)c1cncc(-c2c(C)cccc2C)c1. The van der Waals surface area contributed by atoms with Gasteiger partial charge in [0.25, 0.3) is 5.56 Å². The van der Waals surface area contributed by atoms with Gasteiger partial charge in [-0.2, -0.15) is 0 Å². The summed E-state index contributed by atoms with van der Waals surface area (Å²) in [6.07, 6.45) is 6.31. The summed E-state index contributed by atoms with van der Waals surface area (Å²) < 4.78 is 1.57. The summed E-state index contributed by atoms with van der Waals surface area (Å²) in [5.74, 6) is -0.108. The first-order valence-corrected chi connectivity index (χ1v) is 13.4. The smallest absolute Gasteiger partial charge is 0.251 e. The van der Waals surface area contributed by atoms with Gasteiger partial charge in [-0.1, -0.05) is 32.0 Å². The monoisotopic (exact) mass is 515 g/mol. The summed E-state index contributed by atoms with van der Waals surface area (Å²) in [6.45, 7) is 10.5. The molecule has 0 saturated carbocycles. The molecule has 3 rings (SSSR count). The predicted molar refractivity (Wildman–Crippen MR) is 153 cm³/mol. The number of Topliss-reactive ketones (excluding diaryl/α,β-unsaturated/α-hetero) is 2. The van der Waals surface area contributed by atoms with Gasteiger partial charge in [-0.05, 0) is 93.1 Å². The molecule has 0 bridgehead atoms. The number of hydrogen-bond donors (Lipinski definition) is 0. The summed E-state index contributed by atoms with van der Waals surface area (Å²) in [5.41, 5.74) is 6.00. The van der Waals surface area contributed by atoms with Crippen molar-refractivity contribution in [2.24, 2.45) is 5.92 Å². The molecule has 2 atom stereocenters. The van der Waals surface area contributed by atoms with Crippen molar-refractivity contribution in [3.8, 4) is 11.1 Å². The van der Waals surface area contributed by atoms with Crippen LogP contribution >= 0.6 is 0 Å². The molecule has 0 N–H and O–H groups in total. The Morgan fingerprint density at radius 3 is 2.26 bits per heavy atom. The average Bonchev–Trinajstić information content (AvgIpc) is 2.82. The molecule has 0 aliphatic carbocycles. The van der Waals surface area contributed by atoms with Crippen LogP contribution in [0.3, 0.4) is 0 Å². The molecule has 0 radical (unpaired) electrons. The lowest BCUT2D eigenvalue weighted by atomic mass is 9.85. The Morgan fingerprint density at radius 1 is 1.00 bits per heavy atom. The van der Waals surface area contributed by atoms with Gasteiger partial charge in [-0.25, -0.2) is 0 Å². The number of carbonyl (C=O) groups is 2. The van der Waals surface area contributed by atoms with Crippen LogP contribution < -0.4 is 5.56 Å². The maximum absolute atomic E-state index is 13.8. The van der Waals surface area contributed by atoms with Crippen LogP contribution in [-0.2, 0) is 16.1 Å². The number of nitrogens with zero attached hydrogens (tertiary/aromatic N) is 3. The van der Waals surface area contributed by atoms with Crippen molar-refractivity contribution in [3.63, 3.8) is 0 Å². The van der Waals surface area contributed by atoms with Crippen molar-refractivity contribution in [2.75, 3.05) is 14.1 Å². The van der Waals surface area contributed by atoms with E-state index in [-0.39, 0.29) is 41.8 Å². The molecule has 3 aromatic rings. The molecule has 0 aliphatic rings. The summed E-state index contributed by atoms with van der Waals surface area (Å²) in [6, 6.07) is 11.2. The van der Waals surface area contributed by atoms with E-state index in [2.05, 4.69) is 50.9 Å². The molecule has 0 spiro atoms. The number of hydrogen-bond acceptors (Lipinski definition) is 5. The number of pyridine rings is 2. The van der Waals surface area contributed by atoms with Crippen LogP contribution in [0.15, 0.2) is 59.8 Å². The fourth-order valence-electron chi connectivity index (χ4n) is 5.22. The van der Waals surface area contributed by atoms with Crippen LogP contribution in [0.5, 0.6) is 0 Å². The Labute approximate surface area is 226 Å². The molecule has 2 aromatic heterocycles. The lowest BCUT2D eigenvalue weighted by Crippen LogP contribution is -2.31. The minimum absolute atomic E-state index is 0.0193. The zero-order valence-corrected chi connectivity index (χ0v) is 23.8. The van der Waals surface area contributed by atoms with E-state index < -0.39 is 6.04 Å². The van der Waals surface area contributed by atoms with Gasteiger partial charge >= 0.3 is 0 Å². The van der Waals surface area contributed by atoms with Gasteiger partial charge in [0.05, 0.1) is 6.04 Å². The third kappa shape index (κ3) is 7.57. The Hall–Kier alpha value is -3.38. The van der Waals surface area contributed by atoms with E-state index in [1.165, 1.54) is 0 Å². The van der Waals surface area contributed by atoms with Crippen LogP contribution in [-0.4, -0.2) is 40.1 Å². The highest BCUT2D eigenvalue weighted by molar-refractivity contribution is 5.85. The minimum atomic E-state index is -0.583. The van der Waals surface area contributed by atoms with Crippen LogP contribution in [0.4, 0.5) is 0 Å². The summed E-state index contributed by atoms with van der Waals surface area (Å²) >= 11 is 0. The number of carbonyl (C=O) groups excluding carboxylic acids is 2. The Morgan fingerprint density at radius 2 is 1.68 bits per heavy atom. The second-order valence-electron chi connectivity index (χ2n) is 11.2. The van der Waals surface area contributed by atoms with Crippen LogP contribution in [0.1, 0.15) is 74.2 Å². The standard InChI is InChI=1S/C32H41N3O3/c1-21(2)13-29(35-12-11-25(15-31(35)38)20-34(6)7)30(37)17-26(14-24(5)36)27-16-28(19-33-18-27)32-22(3)9-8-10-23(32)4/h8-12,15-16,18-19,21,26,29H,13-14,17,20H2,1-7H3/t26-,29+/m1/s1. The van der Waals surface area contributed by atoms with E-state index in [4.69, 9.17) is 0 Å². The van der Waals surface area contributed by atoms with Gasteiger partial charge in [-0.3, -0.25) is 14.6 Å². The fourth-order valence-corrected chi connectivity index (χ4v) is 5.22. The average molecular weight is 516 g/mol. The first kappa shape index (κ1) is 29.2. The Kier molecular flexibility index (Phi) is 9.92. The lowest BCUT2D eigenvalue weighted by Gasteiger charge is -2.24. The van der Waals surface area contributed by atoms with Crippen molar-refractivity contribution in [2.45, 2.75) is 72.4 Å². The molecule has 0 fully saturated rings. The normalized spacial score (nSPS) is 13.1. The van der Waals surface area contributed by atoms with Gasteiger partial charge < -0.3 is 14.3 Å². The Balaban J connectivity index is 1.96. The lowest BCUT2D eigenvalue weighted by molar-refractivity contribution is -0.123. The number of ketones is 2. The molecule has 6 heteroatoms. The third-order valence-corrected chi connectivity index (χ3v) is 6.90. The van der Waals surface area contributed by atoms with Crippen LogP contribution in [0.2, 0.25) is 0 Å². The molecular weight excluding hydrogens is 474 g/mol. The fraction of sp³-hybridized carbons (Fsp3) is 0.438. The molecule has 0 saturated heterocycles. The molecule has 2 heterocycles. The summed E-state index contributed by atoms with van der Waals surface area (Å²) in [4.78, 5) is 45.7.